The molecule has 17 heavy (non-hydrogen) atoms. The SMILES string of the molecule is CC.NC(=O)c1ccccc1-c1ccccc1. The Morgan fingerprint density at radius 3 is 2.00 bits per heavy atom. The van der Waals surface area contributed by atoms with E-state index in [2.05, 4.69) is 0 Å². The van der Waals surface area contributed by atoms with Crippen LogP contribution in [0.25, 0.3) is 11.1 Å². The third-order valence-corrected chi connectivity index (χ3v) is 2.28. The van der Waals surface area contributed by atoms with Gasteiger partial charge in [0.05, 0.1) is 0 Å². The zero-order chi connectivity index (χ0) is 12.7. The van der Waals surface area contributed by atoms with Crippen LogP contribution in [0, 0.1) is 0 Å². The number of benzene rings is 2. The molecule has 0 bridgehead atoms. The Labute approximate surface area is 102 Å². The topological polar surface area (TPSA) is 43.1 Å². The molecule has 2 aromatic rings. The first-order valence-corrected chi connectivity index (χ1v) is 5.73. The maximum atomic E-state index is 11.2. The number of carbonyl (C=O) groups is 1. The molecule has 2 heteroatoms. The van der Waals surface area contributed by atoms with Gasteiger partial charge in [0.1, 0.15) is 0 Å². The van der Waals surface area contributed by atoms with Crippen LogP contribution in [0.1, 0.15) is 24.2 Å². The van der Waals surface area contributed by atoms with Crippen LogP contribution in [0.4, 0.5) is 0 Å². The van der Waals surface area contributed by atoms with Crippen molar-refractivity contribution in [2.24, 2.45) is 5.73 Å². The van der Waals surface area contributed by atoms with Gasteiger partial charge in [0.25, 0.3) is 0 Å². The predicted molar refractivity (Wildman–Crippen MR) is 71.7 cm³/mol. The molecule has 0 saturated carbocycles. The van der Waals surface area contributed by atoms with Gasteiger partial charge >= 0.3 is 0 Å². The number of hydrogen-bond acceptors (Lipinski definition) is 1. The van der Waals surface area contributed by atoms with Crippen molar-refractivity contribution in [2.75, 3.05) is 0 Å². The van der Waals surface area contributed by atoms with Crippen LogP contribution in [0.2, 0.25) is 0 Å². The highest BCUT2D eigenvalue weighted by atomic mass is 16.1. The molecule has 0 atom stereocenters. The summed E-state index contributed by atoms with van der Waals surface area (Å²) in [5.74, 6) is -0.394. The third-order valence-electron chi connectivity index (χ3n) is 2.28. The number of nitrogens with two attached hydrogens (primary N) is 1. The average Bonchev–Trinajstić information content (AvgIpc) is 2.42. The Morgan fingerprint density at radius 2 is 1.41 bits per heavy atom. The van der Waals surface area contributed by atoms with Crippen molar-refractivity contribution < 1.29 is 4.79 Å². The average molecular weight is 227 g/mol. The summed E-state index contributed by atoms with van der Waals surface area (Å²) in [6, 6.07) is 17.1. The van der Waals surface area contributed by atoms with Gasteiger partial charge in [-0.2, -0.15) is 0 Å². The fraction of sp³-hybridized carbons (Fsp3) is 0.133. The number of carbonyl (C=O) groups excluding carboxylic acids is 1. The molecule has 0 spiro atoms. The van der Waals surface area contributed by atoms with Crippen molar-refractivity contribution in [1.82, 2.24) is 0 Å². The minimum atomic E-state index is -0.394. The summed E-state index contributed by atoms with van der Waals surface area (Å²) in [4.78, 5) is 11.2. The van der Waals surface area contributed by atoms with Gasteiger partial charge in [-0.1, -0.05) is 62.4 Å². The van der Waals surface area contributed by atoms with Gasteiger partial charge in [-0.25, -0.2) is 0 Å². The molecule has 0 heterocycles. The van der Waals surface area contributed by atoms with E-state index in [0.29, 0.717) is 5.56 Å². The van der Waals surface area contributed by atoms with Crippen molar-refractivity contribution in [3.63, 3.8) is 0 Å². The zero-order valence-electron chi connectivity index (χ0n) is 10.2. The lowest BCUT2D eigenvalue weighted by molar-refractivity contribution is 0.100. The second kappa shape index (κ2) is 6.48. The summed E-state index contributed by atoms with van der Waals surface area (Å²) in [5.41, 5.74) is 7.76. The minimum absolute atomic E-state index is 0.394. The highest BCUT2D eigenvalue weighted by molar-refractivity contribution is 5.99. The molecule has 0 unspecified atom stereocenters. The van der Waals surface area contributed by atoms with Gasteiger partial charge in [0, 0.05) is 5.56 Å². The summed E-state index contributed by atoms with van der Waals surface area (Å²) in [5, 5.41) is 0. The van der Waals surface area contributed by atoms with E-state index >= 15 is 0 Å². The molecule has 0 aliphatic carbocycles. The van der Waals surface area contributed by atoms with Crippen LogP contribution in [-0.4, -0.2) is 5.91 Å². The standard InChI is InChI=1S/C13H11NO.C2H6/c14-13(15)12-9-5-4-8-11(12)10-6-2-1-3-7-10;1-2/h1-9H,(H2,14,15);1-2H3. The van der Waals surface area contributed by atoms with Crippen molar-refractivity contribution in [1.29, 1.82) is 0 Å². The second-order valence-electron chi connectivity index (χ2n) is 3.28. The van der Waals surface area contributed by atoms with Gasteiger partial charge in [-0.15, -0.1) is 0 Å². The molecular formula is C15H17NO. The van der Waals surface area contributed by atoms with Gasteiger partial charge in [-0.3, -0.25) is 4.79 Å². The van der Waals surface area contributed by atoms with Crippen LogP contribution in [-0.2, 0) is 0 Å². The normalized spacial score (nSPS) is 9.06. The molecule has 0 fully saturated rings. The molecule has 0 aliphatic heterocycles. The van der Waals surface area contributed by atoms with E-state index in [4.69, 9.17) is 5.73 Å². The molecular weight excluding hydrogens is 210 g/mol. The highest BCUT2D eigenvalue weighted by Crippen LogP contribution is 2.22. The lowest BCUT2D eigenvalue weighted by Gasteiger charge is -2.05. The Bertz CT molecular complexity index is 477. The molecule has 2 rings (SSSR count). The molecule has 1 amide bonds. The van der Waals surface area contributed by atoms with E-state index in [0.717, 1.165) is 11.1 Å². The van der Waals surface area contributed by atoms with Crippen LogP contribution in [0.15, 0.2) is 54.6 Å². The summed E-state index contributed by atoms with van der Waals surface area (Å²) < 4.78 is 0. The molecule has 2 aromatic carbocycles. The van der Waals surface area contributed by atoms with Crippen molar-refractivity contribution in [3.05, 3.63) is 60.2 Å². The number of amides is 1. The Kier molecular flexibility index (Phi) is 4.95. The molecule has 2 nitrogen and oxygen atoms in total. The maximum Gasteiger partial charge on any atom is 0.249 e. The first-order valence-electron chi connectivity index (χ1n) is 5.73. The molecule has 88 valence electrons. The fourth-order valence-corrected chi connectivity index (χ4v) is 1.57. The van der Waals surface area contributed by atoms with E-state index in [1.807, 2.05) is 62.4 Å². The van der Waals surface area contributed by atoms with Crippen LogP contribution in [0.3, 0.4) is 0 Å². The number of primary amides is 1. The van der Waals surface area contributed by atoms with E-state index in [9.17, 15) is 4.79 Å². The zero-order valence-corrected chi connectivity index (χ0v) is 10.2. The lowest BCUT2D eigenvalue weighted by atomic mass is 9.99. The van der Waals surface area contributed by atoms with Gasteiger partial charge in [-0.05, 0) is 17.2 Å². The van der Waals surface area contributed by atoms with Crippen molar-refractivity contribution in [3.8, 4) is 11.1 Å². The lowest BCUT2D eigenvalue weighted by Crippen LogP contribution is -2.12. The summed E-state index contributed by atoms with van der Waals surface area (Å²) >= 11 is 0. The van der Waals surface area contributed by atoms with Gasteiger partial charge < -0.3 is 5.73 Å². The van der Waals surface area contributed by atoms with Gasteiger partial charge in [0.15, 0.2) is 0 Å². The Hall–Kier alpha value is -2.09. The number of hydrogen-bond donors (Lipinski definition) is 1. The predicted octanol–water partition coefficient (Wildman–Crippen LogP) is 3.48. The summed E-state index contributed by atoms with van der Waals surface area (Å²) in [6.45, 7) is 4.00. The fourth-order valence-electron chi connectivity index (χ4n) is 1.57. The first-order chi connectivity index (χ1) is 8.29. The maximum absolute atomic E-state index is 11.2. The highest BCUT2D eigenvalue weighted by Gasteiger charge is 2.07. The van der Waals surface area contributed by atoms with Crippen molar-refractivity contribution >= 4 is 5.91 Å². The largest absolute Gasteiger partial charge is 0.366 e. The number of rotatable bonds is 2. The van der Waals surface area contributed by atoms with E-state index in [-0.39, 0.29) is 0 Å². The minimum Gasteiger partial charge on any atom is -0.366 e. The second-order valence-corrected chi connectivity index (χ2v) is 3.28. The molecule has 0 radical (unpaired) electrons. The first kappa shape index (κ1) is 13.0. The van der Waals surface area contributed by atoms with E-state index in [1.54, 1.807) is 6.07 Å². The quantitative estimate of drug-likeness (QED) is 0.838. The molecule has 0 saturated heterocycles. The van der Waals surface area contributed by atoms with Crippen molar-refractivity contribution in [2.45, 2.75) is 13.8 Å². The monoisotopic (exact) mass is 227 g/mol. The van der Waals surface area contributed by atoms with Crippen LogP contribution in [0.5, 0.6) is 0 Å². The third kappa shape index (κ3) is 3.18. The molecule has 0 aromatic heterocycles. The smallest absolute Gasteiger partial charge is 0.249 e. The summed E-state index contributed by atoms with van der Waals surface area (Å²) in [7, 11) is 0. The van der Waals surface area contributed by atoms with Gasteiger partial charge in [0.2, 0.25) is 5.91 Å². The van der Waals surface area contributed by atoms with E-state index < -0.39 is 5.91 Å². The van der Waals surface area contributed by atoms with E-state index in [1.165, 1.54) is 0 Å². The Morgan fingerprint density at radius 1 is 0.882 bits per heavy atom. The van der Waals surface area contributed by atoms with Crippen LogP contribution >= 0.6 is 0 Å². The summed E-state index contributed by atoms with van der Waals surface area (Å²) in [6.07, 6.45) is 0. The molecule has 2 N–H and O–H groups in total. The van der Waals surface area contributed by atoms with Crippen LogP contribution < -0.4 is 5.73 Å². The molecule has 0 aliphatic rings. The Balaban J connectivity index is 0.000000686.